The van der Waals surface area contributed by atoms with Crippen molar-refractivity contribution in [3.8, 4) is 5.75 Å². The third kappa shape index (κ3) is 3.45. The van der Waals surface area contributed by atoms with E-state index in [1.165, 1.54) is 0 Å². The van der Waals surface area contributed by atoms with Crippen LogP contribution in [0.2, 0.25) is 0 Å². The molecule has 1 aliphatic rings. The number of hydrogen-bond acceptors (Lipinski definition) is 4. The Hall–Kier alpha value is -1.10. The van der Waals surface area contributed by atoms with Crippen LogP contribution in [0.25, 0.3) is 0 Å². The van der Waals surface area contributed by atoms with Gasteiger partial charge >= 0.3 is 0 Å². The average Bonchev–Trinajstić information content (AvgIpc) is 2.79. The summed E-state index contributed by atoms with van der Waals surface area (Å²) in [4.78, 5) is 0. The van der Waals surface area contributed by atoms with E-state index in [1.54, 1.807) is 0 Å². The molecule has 0 aliphatic carbocycles. The van der Waals surface area contributed by atoms with Crippen LogP contribution < -0.4 is 10.1 Å². The quantitative estimate of drug-likeness (QED) is 0.801. The predicted molar refractivity (Wildman–Crippen MR) is 69.7 cm³/mol. The normalized spacial score (nSPS) is 23.2. The van der Waals surface area contributed by atoms with E-state index in [2.05, 4.69) is 5.32 Å². The molecule has 2 N–H and O–H groups in total. The van der Waals surface area contributed by atoms with Gasteiger partial charge < -0.3 is 19.9 Å². The van der Waals surface area contributed by atoms with Crippen molar-refractivity contribution in [2.45, 2.75) is 25.5 Å². The van der Waals surface area contributed by atoms with Gasteiger partial charge in [-0.15, -0.1) is 0 Å². The molecular formula is C14H21NO3. The Labute approximate surface area is 108 Å². The number of rotatable bonds is 6. The molecule has 1 saturated heterocycles. The van der Waals surface area contributed by atoms with Crippen molar-refractivity contribution in [2.24, 2.45) is 0 Å². The minimum absolute atomic E-state index is 0.424. The lowest BCUT2D eigenvalue weighted by molar-refractivity contribution is 0.0268. The molecule has 1 aliphatic heterocycles. The molecule has 1 atom stereocenters. The lowest BCUT2D eigenvalue weighted by Gasteiger charge is -2.21. The van der Waals surface area contributed by atoms with Gasteiger partial charge in [0.05, 0.1) is 13.2 Å². The van der Waals surface area contributed by atoms with Gasteiger partial charge in [-0.05, 0) is 13.0 Å². The van der Waals surface area contributed by atoms with Gasteiger partial charge in [0, 0.05) is 31.7 Å². The van der Waals surface area contributed by atoms with Crippen LogP contribution in [0.1, 0.15) is 18.9 Å². The highest BCUT2D eigenvalue weighted by atomic mass is 16.5. The lowest BCUT2D eigenvalue weighted by atomic mass is 10.0. The number of aliphatic hydroxyl groups is 1. The first-order valence-corrected chi connectivity index (χ1v) is 6.45. The van der Waals surface area contributed by atoms with Crippen LogP contribution in [0.4, 0.5) is 0 Å². The highest BCUT2D eigenvalue weighted by Gasteiger charge is 2.31. The third-order valence-corrected chi connectivity index (χ3v) is 3.12. The lowest BCUT2D eigenvalue weighted by Crippen LogP contribution is -2.40. The van der Waals surface area contributed by atoms with Crippen molar-refractivity contribution in [1.82, 2.24) is 5.32 Å². The smallest absolute Gasteiger partial charge is 0.123 e. The highest BCUT2D eigenvalue weighted by Crippen LogP contribution is 2.19. The van der Waals surface area contributed by atoms with Crippen molar-refractivity contribution in [1.29, 1.82) is 0 Å². The molecule has 0 amide bonds. The van der Waals surface area contributed by atoms with Crippen LogP contribution in [-0.4, -0.2) is 37.1 Å². The number of nitrogens with one attached hydrogen (secondary N) is 1. The monoisotopic (exact) mass is 251 g/mol. The summed E-state index contributed by atoms with van der Waals surface area (Å²) in [5, 5.41) is 13.4. The van der Waals surface area contributed by atoms with Crippen LogP contribution in [0.3, 0.4) is 0 Å². The van der Waals surface area contributed by atoms with E-state index in [0.717, 1.165) is 11.3 Å². The second-order valence-electron chi connectivity index (χ2n) is 4.67. The number of ether oxygens (including phenoxy) is 2. The summed E-state index contributed by atoms with van der Waals surface area (Å²) in [6.45, 7) is 4.95. The first kappa shape index (κ1) is 13.3. The Morgan fingerprint density at radius 1 is 1.44 bits per heavy atom. The van der Waals surface area contributed by atoms with E-state index in [0.29, 0.717) is 39.3 Å². The fourth-order valence-electron chi connectivity index (χ4n) is 2.11. The number of para-hydroxylation sites is 1. The molecule has 100 valence electrons. The van der Waals surface area contributed by atoms with Crippen LogP contribution >= 0.6 is 0 Å². The molecule has 4 nitrogen and oxygen atoms in total. The van der Waals surface area contributed by atoms with Gasteiger partial charge in [0.2, 0.25) is 0 Å². The van der Waals surface area contributed by atoms with Crippen molar-refractivity contribution >= 4 is 0 Å². The fourth-order valence-corrected chi connectivity index (χ4v) is 2.11. The average molecular weight is 251 g/mol. The third-order valence-electron chi connectivity index (χ3n) is 3.12. The second-order valence-corrected chi connectivity index (χ2v) is 4.67. The molecule has 4 heteroatoms. The molecule has 1 unspecified atom stereocenters. The summed E-state index contributed by atoms with van der Waals surface area (Å²) in [7, 11) is 0. The van der Waals surface area contributed by atoms with E-state index < -0.39 is 5.60 Å². The van der Waals surface area contributed by atoms with Crippen molar-refractivity contribution in [3.05, 3.63) is 29.8 Å². The molecule has 0 radical (unpaired) electrons. The minimum atomic E-state index is -0.708. The van der Waals surface area contributed by atoms with Gasteiger partial charge in [0.1, 0.15) is 11.4 Å². The zero-order valence-electron chi connectivity index (χ0n) is 10.8. The molecule has 1 fully saturated rings. The van der Waals surface area contributed by atoms with Gasteiger partial charge in [-0.2, -0.15) is 0 Å². The van der Waals surface area contributed by atoms with Gasteiger partial charge in [0.25, 0.3) is 0 Å². The first-order valence-electron chi connectivity index (χ1n) is 6.45. The van der Waals surface area contributed by atoms with Gasteiger partial charge in [-0.3, -0.25) is 0 Å². The second kappa shape index (κ2) is 6.18. The van der Waals surface area contributed by atoms with E-state index in [-0.39, 0.29) is 0 Å². The van der Waals surface area contributed by atoms with Gasteiger partial charge in [-0.1, -0.05) is 18.2 Å². The Balaban J connectivity index is 1.86. The predicted octanol–water partition coefficient (Wildman–Crippen LogP) is 1.33. The van der Waals surface area contributed by atoms with Gasteiger partial charge in [0.15, 0.2) is 0 Å². The SMILES string of the molecule is CCOc1ccccc1CNCC1(O)CCOC1. The summed E-state index contributed by atoms with van der Waals surface area (Å²) in [5.74, 6) is 0.905. The maximum atomic E-state index is 10.1. The maximum Gasteiger partial charge on any atom is 0.123 e. The summed E-state index contributed by atoms with van der Waals surface area (Å²) >= 11 is 0. The first-order chi connectivity index (χ1) is 8.73. The Morgan fingerprint density at radius 3 is 3.00 bits per heavy atom. The standard InChI is InChI=1S/C14H21NO3/c1-2-18-13-6-4-3-5-12(13)9-15-10-14(16)7-8-17-11-14/h3-6,15-16H,2,7-11H2,1H3. The maximum absolute atomic E-state index is 10.1. The van der Waals surface area contributed by atoms with Crippen LogP contribution in [0.15, 0.2) is 24.3 Å². The Bertz CT molecular complexity index is 375. The summed E-state index contributed by atoms with van der Waals surface area (Å²) in [5.41, 5.74) is 0.405. The zero-order chi connectivity index (χ0) is 12.8. The molecular weight excluding hydrogens is 230 g/mol. The van der Waals surface area contributed by atoms with Crippen LogP contribution in [-0.2, 0) is 11.3 Å². The summed E-state index contributed by atoms with van der Waals surface area (Å²) < 4.78 is 10.8. The Morgan fingerprint density at radius 2 is 2.28 bits per heavy atom. The van der Waals surface area contributed by atoms with Crippen molar-refractivity contribution < 1.29 is 14.6 Å². The van der Waals surface area contributed by atoms with Crippen molar-refractivity contribution in [2.75, 3.05) is 26.4 Å². The fraction of sp³-hybridized carbons (Fsp3) is 0.571. The number of hydrogen-bond donors (Lipinski definition) is 2. The van der Waals surface area contributed by atoms with Crippen LogP contribution in [0, 0.1) is 0 Å². The molecule has 1 aromatic carbocycles. The van der Waals surface area contributed by atoms with Crippen LogP contribution in [0.5, 0.6) is 5.75 Å². The number of benzene rings is 1. The molecule has 2 rings (SSSR count). The van der Waals surface area contributed by atoms with E-state index in [9.17, 15) is 5.11 Å². The van der Waals surface area contributed by atoms with Crippen molar-refractivity contribution in [3.63, 3.8) is 0 Å². The molecule has 0 spiro atoms. The summed E-state index contributed by atoms with van der Waals surface area (Å²) in [6, 6.07) is 7.96. The van der Waals surface area contributed by atoms with Gasteiger partial charge in [-0.25, -0.2) is 0 Å². The molecule has 0 saturated carbocycles. The zero-order valence-corrected chi connectivity index (χ0v) is 10.8. The molecule has 0 bridgehead atoms. The molecule has 1 aromatic rings. The topological polar surface area (TPSA) is 50.7 Å². The Kier molecular flexibility index (Phi) is 4.58. The molecule has 1 heterocycles. The van der Waals surface area contributed by atoms with E-state index in [1.807, 2.05) is 31.2 Å². The highest BCUT2D eigenvalue weighted by molar-refractivity contribution is 5.33. The molecule has 0 aromatic heterocycles. The minimum Gasteiger partial charge on any atom is -0.494 e. The largest absolute Gasteiger partial charge is 0.494 e. The van der Waals surface area contributed by atoms with E-state index in [4.69, 9.17) is 9.47 Å². The summed E-state index contributed by atoms with van der Waals surface area (Å²) in [6.07, 6.45) is 0.701. The molecule has 18 heavy (non-hydrogen) atoms. The van der Waals surface area contributed by atoms with E-state index >= 15 is 0 Å².